The van der Waals surface area contributed by atoms with E-state index < -0.39 is 5.60 Å². The molecular weight excluding hydrogens is 789 g/mol. The fourth-order valence-corrected chi connectivity index (χ4v) is 8.39. The molecule has 0 bridgehead atoms. The monoisotopic (exact) mass is 836 g/mol. The molecule has 0 spiro atoms. The molecule has 56 heavy (non-hydrogen) atoms. The zero-order chi connectivity index (χ0) is 37.2. The van der Waals surface area contributed by atoms with Crippen LogP contribution in [0.25, 0.3) is 31.3 Å². The third-order valence-corrected chi connectivity index (χ3v) is 11.0. The van der Waals surface area contributed by atoms with Gasteiger partial charge in [-0.05, 0) is 121 Å². The van der Waals surface area contributed by atoms with Crippen LogP contribution in [0.5, 0.6) is 0 Å². The molecule has 0 atom stereocenters. The van der Waals surface area contributed by atoms with Crippen molar-refractivity contribution in [1.29, 1.82) is 0 Å². The van der Waals surface area contributed by atoms with E-state index in [4.69, 9.17) is 14.3 Å². The van der Waals surface area contributed by atoms with Gasteiger partial charge in [0.1, 0.15) is 0 Å². The van der Waals surface area contributed by atoms with Crippen LogP contribution in [-0.2, 0) is 39.2 Å². The minimum Gasteiger partial charge on any atom is -1.00 e. The number of aliphatic hydroxyl groups is 1. The Balaban J connectivity index is 0.000000241. The van der Waals surface area contributed by atoms with E-state index in [0.717, 1.165) is 38.0 Å². The second-order valence-corrected chi connectivity index (χ2v) is 15.2. The number of thiophene rings is 1. The summed E-state index contributed by atoms with van der Waals surface area (Å²) >= 11 is 1.85. The van der Waals surface area contributed by atoms with Crippen molar-refractivity contribution in [1.82, 2.24) is 0 Å². The molecule has 0 saturated carbocycles. The maximum Gasteiger partial charge on any atom is 2.00 e. The van der Waals surface area contributed by atoms with Crippen LogP contribution in [0.15, 0.2) is 133 Å². The fraction of sp³-hybridized carbons (Fsp3) is 0.224. The summed E-state index contributed by atoms with van der Waals surface area (Å²) in [5.74, 6) is 0. The number of benzene rings is 6. The van der Waals surface area contributed by atoms with Gasteiger partial charge in [-0.2, -0.15) is 9.59 Å². The van der Waals surface area contributed by atoms with Gasteiger partial charge in [0.15, 0.2) is 0 Å². The van der Waals surface area contributed by atoms with E-state index in [-0.39, 0.29) is 53.6 Å². The zero-order valence-electron chi connectivity index (χ0n) is 32.8. The molecule has 9 rings (SSSR count). The van der Waals surface area contributed by atoms with E-state index in [0.29, 0.717) is 0 Å². The largest absolute Gasteiger partial charge is 2.00 e. The molecule has 284 valence electrons. The summed E-state index contributed by atoms with van der Waals surface area (Å²) in [7, 11) is 0. The molecule has 1 aliphatic heterocycles. The van der Waals surface area contributed by atoms with Gasteiger partial charge in [-0.3, -0.25) is 0 Å². The summed E-state index contributed by atoms with van der Waals surface area (Å²) in [6, 6.07) is 47.9. The third-order valence-electron chi connectivity index (χ3n) is 9.86. The van der Waals surface area contributed by atoms with Crippen LogP contribution in [-0.4, -0.2) is 47.5 Å². The van der Waals surface area contributed by atoms with Gasteiger partial charge < -0.3 is 34.3 Å². The Kier molecular flexibility index (Phi) is 18.4. The van der Waals surface area contributed by atoms with Crippen molar-refractivity contribution in [3.63, 3.8) is 0 Å². The summed E-state index contributed by atoms with van der Waals surface area (Å²) in [6.45, 7) is 7.89. The van der Waals surface area contributed by atoms with Crippen LogP contribution >= 0.6 is 11.3 Å². The van der Waals surface area contributed by atoms with Crippen molar-refractivity contribution >= 4 is 60.7 Å². The quantitative estimate of drug-likeness (QED) is 0.140. The molecule has 7 heteroatoms. The van der Waals surface area contributed by atoms with E-state index >= 15 is 0 Å². The van der Waals surface area contributed by atoms with Gasteiger partial charge in [-0.25, -0.2) is 0 Å². The van der Waals surface area contributed by atoms with Crippen LogP contribution in [0.2, 0.25) is 0 Å². The predicted molar refractivity (Wildman–Crippen MR) is 230 cm³/mol. The molecule has 0 amide bonds. The maximum atomic E-state index is 10.4. The molecule has 6 aromatic carbocycles. The SMILES string of the molecule is C1CCOC1.CC(C)(O)c1ccccc1Cc1ccc2c(c1)sc1ccccc12.Cc1ccccc1Cc1ccc2c(c1)Cc1ccccc1-2.O=C=O.[Br-].[CH3-].[Mg+2]. The van der Waals surface area contributed by atoms with Crippen molar-refractivity contribution in [3.8, 4) is 11.1 Å². The number of hydrogen-bond donors (Lipinski definition) is 1. The van der Waals surface area contributed by atoms with Gasteiger partial charge in [0.05, 0.1) is 5.60 Å². The van der Waals surface area contributed by atoms with Gasteiger partial charge in [-0.15, -0.1) is 11.3 Å². The number of ether oxygens (including phenoxy) is 1. The topological polar surface area (TPSA) is 63.6 Å². The summed E-state index contributed by atoms with van der Waals surface area (Å²) in [6.07, 6.45) is 5.74. The molecule has 0 radical (unpaired) electrons. The summed E-state index contributed by atoms with van der Waals surface area (Å²) in [5.41, 5.74) is 12.6. The summed E-state index contributed by atoms with van der Waals surface area (Å²) in [4.78, 5) is 16.2. The average molecular weight is 838 g/mol. The molecule has 4 nitrogen and oxygen atoms in total. The summed E-state index contributed by atoms with van der Waals surface area (Å²) < 4.78 is 7.61. The van der Waals surface area contributed by atoms with Crippen molar-refractivity contribution < 1.29 is 36.4 Å². The Morgan fingerprint density at radius 3 is 1.91 bits per heavy atom. The molecule has 1 fully saturated rings. The van der Waals surface area contributed by atoms with Gasteiger partial charge >= 0.3 is 29.2 Å². The van der Waals surface area contributed by atoms with E-state index in [9.17, 15) is 5.11 Å². The molecule has 1 N–H and O–H groups in total. The van der Waals surface area contributed by atoms with Gasteiger partial charge in [0.2, 0.25) is 0 Å². The van der Waals surface area contributed by atoms with Crippen molar-refractivity contribution in [2.24, 2.45) is 0 Å². The molecule has 0 unspecified atom stereocenters. The number of aryl methyl sites for hydroxylation is 1. The fourth-order valence-electron chi connectivity index (χ4n) is 7.22. The van der Waals surface area contributed by atoms with Crippen LogP contribution < -0.4 is 17.0 Å². The van der Waals surface area contributed by atoms with Gasteiger partial charge in [0.25, 0.3) is 0 Å². The maximum absolute atomic E-state index is 10.4. The molecule has 1 aromatic heterocycles. The van der Waals surface area contributed by atoms with E-state index in [1.807, 2.05) is 43.4 Å². The van der Waals surface area contributed by atoms with E-state index in [2.05, 4.69) is 122 Å². The summed E-state index contributed by atoms with van der Waals surface area (Å²) in [5, 5.41) is 13.1. The van der Waals surface area contributed by atoms with Gasteiger partial charge in [0, 0.05) is 33.4 Å². The van der Waals surface area contributed by atoms with E-state index in [1.54, 1.807) is 0 Å². The van der Waals surface area contributed by atoms with Crippen LogP contribution in [0.1, 0.15) is 71.2 Å². The van der Waals surface area contributed by atoms with Crippen molar-refractivity contribution in [3.05, 3.63) is 185 Å². The minimum absolute atomic E-state index is 0. The average Bonchev–Trinajstić information content (AvgIpc) is 3.93. The zero-order valence-corrected chi connectivity index (χ0v) is 36.6. The predicted octanol–water partition coefficient (Wildman–Crippen LogP) is 8.32. The number of rotatable bonds is 5. The minimum atomic E-state index is -0.821. The Hall–Kier alpha value is -3.91. The molecule has 7 aromatic rings. The first-order chi connectivity index (χ1) is 25.7. The van der Waals surface area contributed by atoms with Crippen molar-refractivity contribution in [2.45, 2.75) is 58.5 Å². The van der Waals surface area contributed by atoms with Crippen LogP contribution in [0.3, 0.4) is 0 Å². The van der Waals surface area contributed by atoms with Crippen molar-refractivity contribution in [2.75, 3.05) is 13.2 Å². The Morgan fingerprint density at radius 2 is 1.21 bits per heavy atom. The molecule has 1 saturated heterocycles. The van der Waals surface area contributed by atoms with Gasteiger partial charge in [-0.1, -0.05) is 121 Å². The molecule has 2 aliphatic rings. The first-order valence-electron chi connectivity index (χ1n) is 18.3. The molecule has 2 heterocycles. The number of halogens is 1. The molecule has 1 aliphatic carbocycles. The standard InChI is InChI=1S/C22H20OS.C21H18.C4H8O.CO2.CH3.BrH.Mg/c1-22(2,23)19-9-5-3-7-16(19)13-15-11-12-18-17-8-4-6-10-20(17)24-21(18)14-15;1-15-6-2-3-7-17(15)12-16-10-11-21-19(13-16)14-18-8-4-5-9-20(18)21;1-2-4-5-3-1;2-1-3;;;/h3-12,14,23H,13H2,1-2H3;2-11,13H,12,14H2,1H3;1-4H2;;1H3;1H;/q;;;;-1;;+2/p-1. The Labute approximate surface area is 362 Å². The van der Waals surface area contributed by atoms with E-state index in [1.165, 1.54) is 83.1 Å². The first-order valence-corrected chi connectivity index (χ1v) is 19.1. The Bertz CT molecular complexity index is 2340. The molecular formula is C49H49BrMgO4S. The smallest absolute Gasteiger partial charge is 1.00 e. The second-order valence-electron chi connectivity index (χ2n) is 14.2. The third kappa shape index (κ3) is 11.8. The Morgan fingerprint density at radius 1 is 0.661 bits per heavy atom. The second kappa shape index (κ2) is 22.1. The van der Waals surface area contributed by atoms with Crippen LogP contribution in [0.4, 0.5) is 0 Å². The van der Waals surface area contributed by atoms with Crippen LogP contribution in [0, 0.1) is 14.4 Å². The number of hydrogen-bond acceptors (Lipinski definition) is 5. The number of carbonyl (C=O) groups excluding carboxylic acids is 2. The first kappa shape index (κ1) is 46.5. The number of fused-ring (bicyclic) bond motifs is 6. The normalized spacial score (nSPS) is 12.0.